The van der Waals surface area contributed by atoms with E-state index in [0.717, 1.165) is 0 Å². The highest BCUT2D eigenvalue weighted by atomic mass is 16.5. The van der Waals surface area contributed by atoms with Crippen molar-refractivity contribution in [1.29, 1.82) is 0 Å². The molecule has 3 N–H and O–H groups in total. The molecule has 106 valence electrons. The van der Waals surface area contributed by atoms with Crippen molar-refractivity contribution >= 4 is 11.6 Å². The molecule has 0 aliphatic rings. The zero-order valence-corrected chi connectivity index (χ0v) is 11.9. The fraction of sp³-hybridized carbons (Fsp3) is 0.500. The van der Waals surface area contributed by atoms with Gasteiger partial charge in [-0.15, -0.1) is 0 Å². The van der Waals surface area contributed by atoms with Crippen LogP contribution in [0.15, 0.2) is 18.2 Å². The van der Waals surface area contributed by atoms with Crippen molar-refractivity contribution in [2.24, 2.45) is 0 Å². The predicted molar refractivity (Wildman–Crippen MR) is 75.3 cm³/mol. The van der Waals surface area contributed by atoms with Crippen LogP contribution in [-0.4, -0.2) is 41.7 Å². The largest absolute Gasteiger partial charge is 0.497 e. The molecule has 0 aliphatic heterocycles. The highest BCUT2D eigenvalue weighted by molar-refractivity contribution is 5.99. The first-order valence-electron chi connectivity index (χ1n) is 6.23. The molecule has 0 spiro atoms. The minimum atomic E-state index is -0.938. The smallest absolute Gasteiger partial charge is 0.256 e. The molecular formula is C14H22N2O3. The van der Waals surface area contributed by atoms with E-state index >= 15 is 0 Å². The molecular weight excluding hydrogens is 244 g/mol. The Kier molecular flexibility index (Phi) is 4.78. The van der Waals surface area contributed by atoms with Crippen LogP contribution < -0.4 is 10.5 Å². The van der Waals surface area contributed by atoms with E-state index in [1.807, 2.05) is 6.92 Å². The second-order valence-corrected chi connectivity index (χ2v) is 5.08. The number of methoxy groups -OCH3 is 1. The Morgan fingerprint density at radius 1 is 1.47 bits per heavy atom. The van der Waals surface area contributed by atoms with Crippen LogP contribution in [-0.2, 0) is 0 Å². The van der Waals surface area contributed by atoms with Crippen molar-refractivity contribution in [3.05, 3.63) is 23.8 Å². The molecule has 19 heavy (non-hydrogen) atoms. The van der Waals surface area contributed by atoms with Crippen molar-refractivity contribution < 1.29 is 14.6 Å². The molecule has 1 rings (SSSR count). The molecule has 0 aliphatic carbocycles. The Morgan fingerprint density at radius 2 is 2.11 bits per heavy atom. The highest BCUT2D eigenvalue weighted by Gasteiger charge is 2.23. The van der Waals surface area contributed by atoms with E-state index in [0.29, 0.717) is 23.5 Å². The number of likely N-dealkylation sites (N-methyl/N-ethyl adjacent to an activating group) is 1. The first-order chi connectivity index (χ1) is 8.78. The topological polar surface area (TPSA) is 75.8 Å². The molecule has 1 amide bonds. The number of anilines is 1. The standard InChI is InChI=1S/C14H22N2O3/c1-5-16(9-14(2,3)18)13(17)11-7-6-10(19-4)8-12(11)15/h6-8,18H,5,9,15H2,1-4H3. The Hall–Kier alpha value is -1.75. The van der Waals surface area contributed by atoms with E-state index in [-0.39, 0.29) is 12.5 Å². The summed E-state index contributed by atoms with van der Waals surface area (Å²) in [6.07, 6.45) is 0. The molecule has 5 heteroatoms. The summed E-state index contributed by atoms with van der Waals surface area (Å²) in [6.45, 7) is 5.96. The molecule has 1 aromatic carbocycles. The number of nitrogens with zero attached hydrogens (tertiary/aromatic N) is 1. The van der Waals surface area contributed by atoms with E-state index in [1.54, 1.807) is 44.1 Å². The van der Waals surface area contributed by atoms with Crippen molar-refractivity contribution in [2.45, 2.75) is 26.4 Å². The van der Waals surface area contributed by atoms with Crippen LogP contribution in [0.5, 0.6) is 5.75 Å². The van der Waals surface area contributed by atoms with E-state index < -0.39 is 5.60 Å². The quantitative estimate of drug-likeness (QED) is 0.792. The van der Waals surface area contributed by atoms with Gasteiger partial charge in [0.15, 0.2) is 0 Å². The molecule has 0 saturated carbocycles. The van der Waals surface area contributed by atoms with Crippen LogP contribution in [0, 0.1) is 0 Å². The molecule has 0 fully saturated rings. The zero-order valence-electron chi connectivity index (χ0n) is 11.9. The average Bonchev–Trinajstić information content (AvgIpc) is 2.33. The number of amides is 1. The monoisotopic (exact) mass is 266 g/mol. The number of hydrogen-bond acceptors (Lipinski definition) is 4. The van der Waals surface area contributed by atoms with Crippen LogP contribution in [0.4, 0.5) is 5.69 Å². The van der Waals surface area contributed by atoms with E-state index in [1.165, 1.54) is 0 Å². The molecule has 0 bridgehead atoms. The maximum absolute atomic E-state index is 12.4. The second kappa shape index (κ2) is 5.93. The van der Waals surface area contributed by atoms with Crippen LogP contribution in [0.25, 0.3) is 0 Å². The number of benzene rings is 1. The number of carbonyl (C=O) groups is 1. The highest BCUT2D eigenvalue weighted by Crippen LogP contribution is 2.21. The minimum Gasteiger partial charge on any atom is -0.497 e. The van der Waals surface area contributed by atoms with Gasteiger partial charge in [0.05, 0.1) is 18.3 Å². The predicted octanol–water partition coefficient (Wildman–Crippen LogP) is 1.51. The van der Waals surface area contributed by atoms with Gasteiger partial charge in [-0.25, -0.2) is 0 Å². The zero-order chi connectivity index (χ0) is 14.6. The lowest BCUT2D eigenvalue weighted by atomic mass is 10.1. The van der Waals surface area contributed by atoms with Crippen LogP contribution >= 0.6 is 0 Å². The van der Waals surface area contributed by atoms with E-state index in [9.17, 15) is 9.90 Å². The van der Waals surface area contributed by atoms with Gasteiger partial charge >= 0.3 is 0 Å². The van der Waals surface area contributed by atoms with Gasteiger partial charge in [0.2, 0.25) is 0 Å². The first kappa shape index (κ1) is 15.3. The van der Waals surface area contributed by atoms with E-state index in [4.69, 9.17) is 10.5 Å². The molecule has 0 heterocycles. The van der Waals surface area contributed by atoms with E-state index in [2.05, 4.69) is 0 Å². The number of ether oxygens (including phenoxy) is 1. The summed E-state index contributed by atoms with van der Waals surface area (Å²) in [6, 6.07) is 4.95. The summed E-state index contributed by atoms with van der Waals surface area (Å²) in [7, 11) is 1.54. The lowest BCUT2D eigenvalue weighted by Crippen LogP contribution is -2.42. The van der Waals surface area contributed by atoms with Gasteiger partial charge in [-0.05, 0) is 32.9 Å². The Labute approximate surface area is 114 Å². The molecule has 5 nitrogen and oxygen atoms in total. The summed E-state index contributed by atoms with van der Waals surface area (Å²) in [4.78, 5) is 13.9. The van der Waals surface area contributed by atoms with Gasteiger partial charge in [-0.1, -0.05) is 0 Å². The maximum atomic E-state index is 12.4. The second-order valence-electron chi connectivity index (χ2n) is 5.08. The number of rotatable bonds is 5. The molecule has 0 atom stereocenters. The minimum absolute atomic E-state index is 0.190. The summed E-state index contributed by atoms with van der Waals surface area (Å²) in [5, 5.41) is 9.82. The third-order valence-corrected chi connectivity index (χ3v) is 2.74. The van der Waals surface area contributed by atoms with Gasteiger partial charge in [0.25, 0.3) is 5.91 Å². The lowest BCUT2D eigenvalue weighted by Gasteiger charge is -2.28. The fourth-order valence-corrected chi connectivity index (χ4v) is 1.83. The molecule has 0 aromatic heterocycles. The summed E-state index contributed by atoms with van der Waals surface area (Å²) in [5.41, 5.74) is 5.72. The first-order valence-corrected chi connectivity index (χ1v) is 6.23. The molecule has 0 radical (unpaired) electrons. The normalized spacial score (nSPS) is 11.2. The summed E-state index contributed by atoms with van der Waals surface area (Å²) >= 11 is 0. The van der Waals surface area contributed by atoms with Crippen molar-refractivity contribution in [2.75, 3.05) is 25.9 Å². The lowest BCUT2D eigenvalue weighted by molar-refractivity contribution is 0.0315. The summed E-state index contributed by atoms with van der Waals surface area (Å²) in [5.74, 6) is 0.421. The third-order valence-electron chi connectivity index (χ3n) is 2.74. The van der Waals surface area contributed by atoms with Crippen LogP contribution in [0.3, 0.4) is 0 Å². The summed E-state index contributed by atoms with van der Waals surface area (Å²) < 4.78 is 5.05. The Bertz CT molecular complexity index is 452. The Balaban J connectivity index is 2.98. The van der Waals surface area contributed by atoms with Crippen LogP contribution in [0.1, 0.15) is 31.1 Å². The van der Waals surface area contributed by atoms with Gasteiger partial charge < -0.3 is 20.5 Å². The molecule has 0 unspecified atom stereocenters. The van der Waals surface area contributed by atoms with Gasteiger partial charge in [0, 0.05) is 24.8 Å². The maximum Gasteiger partial charge on any atom is 0.256 e. The van der Waals surface area contributed by atoms with Crippen LogP contribution in [0.2, 0.25) is 0 Å². The van der Waals surface area contributed by atoms with Crippen molar-refractivity contribution in [3.63, 3.8) is 0 Å². The average molecular weight is 266 g/mol. The fourth-order valence-electron chi connectivity index (χ4n) is 1.83. The van der Waals surface area contributed by atoms with Gasteiger partial charge in [-0.3, -0.25) is 4.79 Å². The van der Waals surface area contributed by atoms with Crippen molar-refractivity contribution in [3.8, 4) is 5.75 Å². The number of aliphatic hydroxyl groups is 1. The number of hydrogen-bond donors (Lipinski definition) is 2. The number of carbonyl (C=O) groups excluding carboxylic acids is 1. The number of nitrogens with two attached hydrogens (primary N) is 1. The van der Waals surface area contributed by atoms with Gasteiger partial charge in [-0.2, -0.15) is 0 Å². The van der Waals surface area contributed by atoms with Crippen molar-refractivity contribution in [1.82, 2.24) is 4.90 Å². The SMILES string of the molecule is CCN(CC(C)(C)O)C(=O)c1ccc(OC)cc1N. The number of nitrogen functional groups attached to an aromatic ring is 1. The molecule has 1 aromatic rings. The Morgan fingerprint density at radius 3 is 2.53 bits per heavy atom. The van der Waals surface area contributed by atoms with Gasteiger partial charge in [0.1, 0.15) is 5.75 Å². The third kappa shape index (κ3) is 4.13. The molecule has 0 saturated heterocycles.